The van der Waals surface area contributed by atoms with Crippen molar-refractivity contribution < 1.29 is 9.79 Å². The summed E-state index contributed by atoms with van der Waals surface area (Å²) in [4.78, 5) is 17.1. The second-order valence-electron chi connectivity index (χ2n) is 0.453. The summed E-state index contributed by atoms with van der Waals surface area (Å²) in [6.07, 6.45) is 0. The standard InChI is InChI=1S/CH4NO2P/c1-2-5(3)4/h1H3,(H,2,3,4). The van der Waals surface area contributed by atoms with E-state index in [2.05, 4.69) is 4.74 Å². The highest BCUT2D eigenvalue weighted by molar-refractivity contribution is 7.32. The van der Waals surface area contributed by atoms with Gasteiger partial charge in [0.25, 0.3) is 0 Å². The molecule has 0 aromatic rings. The van der Waals surface area contributed by atoms with Crippen LogP contribution in [0.2, 0.25) is 0 Å². The van der Waals surface area contributed by atoms with E-state index in [1.165, 1.54) is 7.05 Å². The Hall–Kier alpha value is 0.0200. The summed E-state index contributed by atoms with van der Waals surface area (Å²) in [5, 5.41) is 0. The first kappa shape index (κ1) is 5.02. The molecule has 1 atom stereocenters. The van der Waals surface area contributed by atoms with Gasteiger partial charge in [-0.25, -0.2) is 0 Å². The van der Waals surface area contributed by atoms with Gasteiger partial charge in [0.1, 0.15) is 0 Å². The molecule has 4 heteroatoms. The van der Waals surface area contributed by atoms with Crippen LogP contribution in [0.15, 0.2) is 4.74 Å². The van der Waals surface area contributed by atoms with Crippen molar-refractivity contribution in [2.24, 2.45) is 4.74 Å². The third-order valence-corrected chi connectivity index (χ3v) is 0.513. The normalized spacial score (nSPS) is 12.2. The van der Waals surface area contributed by atoms with E-state index in [-0.39, 0.29) is 0 Å². The molecule has 5 heavy (non-hydrogen) atoms. The molecular formula is CH4NO2P. The monoisotopic (exact) mass is 93.0 g/mol. The lowest BCUT2D eigenvalue weighted by molar-refractivity contribution is -0.170. The SMILES string of the molecule is C/N=[P+](\[O-])O. The van der Waals surface area contributed by atoms with E-state index in [0.29, 0.717) is 0 Å². The van der Waals surface area contributed by atoms with E-state index in [4.69, 9.17) is 4.89 Å². The van der Waals surface area contributed by atoms with Crippen molar-refractivity contribution in [1.29, 1.82) is 0 Å². The van der Waals surface area contributed by atoms with Gasteiger partial charge in [0.15, 0.2) is 0 Å². The van der Waals surface area contributed by atoms with E-state index in [1.54, 1.807) is 0 Å². The molecule has 0 aliphatic heterocycles. The first-order chi connectivity index (χ1) is 2.27. The summed E-state index contributed by atoms with van der Waals surface area (Å²) < 4.78 is 2.95. The third kappa shape index (κ3) is 4.02. The maximum atomic E-state index is 9.35. The highest BCUT2D eigenvalue weighted by Crippen LogP contribution is 1.99. The lowest BCUT2D eigenvalue weighted by Gasteiger charge is -1.70. The largest absolute Gasteiger partial charge is 0.584 e. The fourth-order valence-electron chi connectivity index (χ4n) is 0. The lowest BCUT2D eigenvalue weighted by Crippen LogP contribution is -1.80. The number of hydrogen-bond donors (Lipinski definition) is 1. The van der Waals surface area contributed by atoms with Crippen LogP contribution >= 0.6 is 8.17 Å². The second-order valence-corrected chi connectivity index (χ2v) is 1.36. The third-order valence-electron chi connectivity index (χ3n) is 0.171. The Morgan fingerprint density at radius 1 is 2.00 bits per heavy atom. The zero-order valence-corrected chi connectivity index (χ0v) is 3.64. The topological polar surface area (TPSA) is 55.7 Å². The molecule has 0 saturated carbocycles. The maximum absolute atomic E-state index is 9.35. The highest BCUT2D eigenvalue weighted by atomic mass is 31.1. The minimum atomic E-state index is -2.22. The number of nitrogens with zero attached hydrogens (tertiary/aromatic N) is 1. The smallest absolute Gasteiger partial charge is 0.338 e. The predicted molar refractivity (Wildman–Crippen MR) is 17.5 cm³/mol. The molecule has 0 aromatic carbocycles. The minimum Gasteiger partial charge on any atom is -0.584 e. The van der Waals surface area contributed by atoms with Crippen LogP contribution in [-0.2, 0) is 0 Å². The average Bonchev–Trinajstić information content (AvgIpc) is 1.38. The van der Waals surface area contributed by atoms with Crippen molar-refractivity contribution in [1.82, 2.24) is 0 Å². The van der Waals surface area contributed by atoms with Gasteiger partial charge < -0.3 is 4.89 Å². The Bertz CT molecular complexity index is 47.6. The molecule has 30 valence electrons. The van der Waals surface area contributed by atoms with Gasteiger partial charge in [-0.2, -0.15) is 4.89 Å². The average molecular weight is 93.0 g/mol. The van der Waals surface area contributed by atoms with Crippen molar-refractivity contribution >= 4 is 8.17 Å². The Kier molecular flexibility index (Phi) is 2.28. The summed E-state index contributed by atoms with van der Waals surface area (Å²) in [6, 6.07) is 0. The van der Waals surface area contributed by atoms with E-state index in [9.17, 15) is 4.89 Å². The predicted octanol–water partition coefficient (Wildman–Crippen LogP) is -0.536. The molecule has 0 aromatic heterocycles. The molecule has 0 saturated heterocycles. The zero-order chi connectivity index (χ0) is 4.28. The fourth-order valence-corrected chi connectivity index (χ4v) is 0. The molecule has 0 heterocycles. The molecule has 0 spiro atoms. The first-order valence-electron chi connectivity index (χ1n) is 1.03. The van der Waals surface area contributed by atoms with Crippen molar-refractivity contribution in [3.63, 3.8) is 0 Å². The molecule has 3 nitrogen and oxygen atoms in total. The van der Waals surface area contributed by atoms with Crippen LogP contribution in [-0.4, -0.2) is 11.9 Å². The molecule has 1 N–H and O–H groups in total. The Labute approximate surface area is 30.9 Å². The van der Waals surface area contributed by atoms with Gasteiger partial charge in [0.2, 0.25) is 0 Å². The van der Waals surface area contributed by atoms with Gasteiger partial charge in [-0.3, -0.25) is 0 Å². The van der Waals surface area contributed by atoms with Gasteiger partial charge in [0, 0.05) is 0 Å². The summed E-state index contributed by atoms with van der Waals surface area (Å²) in [7, 11) is -0.933. The fraction of sp³-hybridized carbons (Fsp3) is 1.00. The van der Waals surface area contributed by atoms with Gasteiger partial charge >= 0.3 is 8.17 Å². The van der Waals surface area contributed by atoms with Gasteiger partial charge in [-0.1, -0.05) is 4.74 Å². The molecular weight excluding hydrogens is 89.0 g/mol. The maximum Gasteiger partial charge on any atom is 0.338 e. The highest BCUT2D eigenvalue weighted by Gasteiger charge is 1.72. The summed E-state index contributed by atoms with van der Waals surface area (Å²) >= 11 is 0. The van der Waals surface area contributed by atoms with Gasteiger partial charge in [-0.15, -0.1) is 0 Å². The molecule has 0 radical (unpaired) electrons. The van der Waals surface area contributed by atoms with Crippen molar-refractivity contribution in [3.8, 4) is 0 Å². The molecule has 0 aliphatic rings. The van der Waals surface area contributed by atoms with Crippen molar-refractivity contribution in [2.75, 3.05) is 7.05 Å². The molecule has 0 bridgehead atoms. The van der Waals surface area contributed by atoms with Gasteiger partial charge in [0.05, 0.1) is 7.05 Å². The van der Waals surface area contributed by atoms with Crippen molar-refractivity contribution in [2.45, 2.75) is 0 Å². The lowest BCUT2D eigenvalue weighted by atomic mass is 11.6. The van der Waals surface area contributed by atoms with E-state index in [0.717, 1.165) is 0 Å². The number of rotatable bonds is 0. The van der Waals surface area contributed by atoms with Crippen LogP contribution in [0.4, 0.5) is 0 Å². The van der Waals surface area contributed by atoms with Crippen LogP contribution in [0.5, 0.6) is 0 Å². The summed E-state index contributed by atoms with van der Waals surface area (Å²) in [6.45, 7) is 0. The zero-order valence-electron chi connectivity index (χ0n) is 2.75. The van der Waals surface area contributed by atoms with E-state index in [1.807, 2.05) is 0 Å². The van der Waals surface area contributed by atoms with Crippen LogP contribution in [0.3, 0.4) is 0 Å². The second kappa shape index (κ2) is 2.27. The Balaban J connectivity index is 3.14. The molecule has 0 fully saturated rings. The van der Waals surface area contributed by atoms with Crippen LogP contribution < -0.4 is 4.89 Å². The molecule has 0 aliphatic carbocycles. The summed E-state index contributed by atoms with van der Waals surface area (Å²) in [5.41, 5.74) is 0. The minimum absolute atomic E-state index is 1.29. The Morgan fingerprint density at radius 2 is 2.20 bits per heavy atom. The summed E-state index contributed by atoms with van der Waals surface area (Å²) in [5.74, 6) is 0. The molecule has 0 rings (SSSR count). The molecule has 1 unspecified atom stereocenters. The number of hydrogen-bond acceptors (Lipinski definition) is 2. The van der Waals surface area contributed by atoms with Crippen molar-refractivity contribution in [3.05, 3.63) is 0 Å². The van der Waals surface area contributed by atoms with Crippen LogP contribution in [0, 0.1) is 0 Å². The van der Waals surface area contributed by atoms with Gasteiger partial charge in [-0.05, 0) is 0 Å². The first-order valence-corrected chi connectivity index (χ1v) is 2.19. The quantitative estimate of drug-likeness (QED) is 0.409. The van der Waals surface area contributed by atoms with E-state index >= 15 is 0 Å². The Morgan fingerprint density at radius 3 is 2.20 bits per heavy atom. The van der Waals surface area contributed by atoms with Crippen LogP contribution in [0.25, 0.3) is 0 Å². The van der Waals surface area contributed by atoms with Crippen LogP contribution in [0.1, 0.15) is 0 Å². The van der Waals surface area contributed by atoms with E-state index < -0.39 is 8.17 Å². The molecule has 0 amide bonds.